The van der Waals surface area contributed by atoms with Gasteiger partial charge in [-0.05, 0) is 33.6 Å². The van der Waals surface area contributed by atoms with Crippen molar-refractivity contribution in [3.8, 4) is 0 Å². The van der Waals surface area contributed by atoms with Crippen LogP contribution in [0.4, 0.5) is 0 Å². The summed E-state index contributed by atoms with van der Waals surface area (Å²) in [7, 11) is -15.9. The molecule has 0 aromatic heterocycles. The Kier molecular flexibility index (Phi) is 9.35. The summed E-state index contributed by atoms with van der Waals surface area (Å²) in [6, 6.07) is 0. The first kappa shape index (κ1) is 22.9. The molecule has 0 aromatic rings. The lowest BCUT2D eigenvalue weighted by molar-refractivity contribution is 0.182. The van der Waals surface area contributed by atoms with Gasteiger partial charge in [-0.15, -0.1) is 0 Å². The molecule has 10 nitrogen and oxygen atoms in total. The van der Waals surface area contributed by atoms with Crippen LogP contribution >= 0.6 is 23.5 Å². The van der Waals surface area contributed by atoms with Gasteiger partial charge in [0.15, 0.2) is 0 Å². The normalized spacial score (nSPS) is 18.1. The summed E-state index contributed by atoms with van der Waals surface area (Å²) < 4.78 is 44.5. The fourth-order valence-electron chi connectivity index (χ4n) is 1.27. The summed E-state index contributed by atoms with van der Waals surface area (Å²) in [5, 5.41) is 0. The van der Waals surface area contributed by atoms with E-state index >= 15 is 0 Å². The maximum atomic E-state index is 11.4. The van der Waals surface area contributed by atoms with E-state index in [1.54, 1.807) is 6.92 Å². The summed E-state index contributed by atoms with van der Waals surface area (Å²) >= 11 is 0. The Bertz CT molecular complexity index is 586. The predicted octanol–water partition coefficient (Wildman–Crippen LogP) is 3.02. The minimum atomic E-state index is -5.46. The van der Waals surface area contributed by atoms with E-state index in [9.17, 15) is 18.6 Å². The largest absolute Gasteiger partial charge is 0.490 e. The van der Waals surface area contributed by atoms with Crippen LogP contribution in [0.15, 0.2) is 23.3 Å². The molecule has 4 N–H and O–H groups in total. The molecule has 0 heterocycles. The molecule has 0 amide bonds. The van der Waals surface area contributed by atoms with Crippen molar-refractivity contribution in [1.29, 1.82) is 0 Å². The van der Waals surface area contributed by atoms with Gasteiger partial charge in [-0.25, -0.2) is 13.7 Å². The topological polar surface area (TPSA) is 160 Å². The van der Waals surface area contributed by atoms with Gasteiger partial charge in [0.1, 0.15) is 0 Å². The van der Waals surface area contributed by atoms with Crippen LogP contribution in [0.3, 0.4) is 0 Å². The molecule has 0 fully saturated rings. The molecule has 0 aliphatic carbocycles. The second-order valence-corrected chi connectivity index (χ2v) is 9.18. The molecule has 13 heteroatoms. The van der Waals surface area contributed by atoms with Crippen molar-refractivity contribution >= 4 is 23.5 Å². The lowest BCUT2D eigenvalue weighted by Crippen LogP contribution is -1.97. The molecule has 0 aromatic carbocycles. The van der Waals surface area contributed by atoms with Crippen molar-refractivity contribution < 1.29 is 46.4 Å². The molecule has 0 aliphatic rings. The maximum absolute atomic E-state index is 11.4. The summed E-state index contributed by atoms with van der Waals surface area (Å²) in [5.74, 6) is 0. The highest BCUT2D eigenvalue weighted by molar-refractivity contribution is 7.66. The lowest BCUT2D eigenvalue weighted by Gasteiger charge is -2.15. The number of hydrogen-bond acceptors (Lipinski definition) is 6. The van der Waals surface area contributed by atoms with Crippen LogP contribution in [0, 0.1) is 0 Å². The molecule has 0 bridgehead atoms. The number of phosphoric acid groups is 3. The monoisotopic (exact) mass is 394 g/mol. The molecule has 136 valence electrons. The van der Waals surface area contributed by atoms with Gasteiger partial charge in [0.05, 0.1) is 6.61 Å². The molecule has 0 rings (SSSR count). The molecular weight excluding hydrogens is 373 g/mol. The zero-order chi connectivity index (χ0) is 18.3. The zero-order valence-electron chi connectivity index (χ0n) is 12.9. The van der Waals surface area contributed by atoms with E-state index in [1.165, 1.54) is 6.08 Å². The first-order valence-corrected chi connectivity index (χ1v) is 10.8. The van der Waals surface area contributed by atoms with Gasteiger partial charge in [-0.3, -0.25) is 4.52 Å². The molecule has 0 radical (unpaired) electrons. The Labute approximate surface area is 134 Å². The zero-order valence-corrected chi connectivity index (χ0v) is 15.5. The van der Waals surface area contributed by atoms with Gasteiger partial charge in [0.25, 0.3) is 0 Å². The van der Waals surface area contributed by atoms with E-state index in [0.29, 0.717) is 6.42 Å². The first-order valence-electron chi connectivity index (χ1n) is 6.30. The summed E-state index contributed by atoms with van der Waals surface area (Å²) in [6.07, 6.45) is 4.95. The van der Waals surface area contributed by atoms with Crippen molar-refractivity contribution in [2.75, 3.05) is 6.61 Å². The minimum absolute atomic E-state index is 0.398. The highest BCUT2D eigenvalue weighted by atomic mass is 31.3. The van der Waals surface area contributed by atoms with Gasteiger partial charge in [-0.1, -0.05) is 23.3 Å². The third kappa shape index (κ3) is 14.0. The van der Waals surface area contributed by atoms with Crippen LogP contribution in [-0.4, -0.2) is 26.2 Å². The van der Waals surface area contributed by atoms with Gasteiger partial charge < -0.3 is 19.6 Å². The van der Waals surface area contributed by atoms with Crippen LogP contribution in [0.25, 0.3) is 0 Å². The summed E-state index contributed by atoms with van der Waals surface area (Å²) in [6.45, 7) is 5.27. The number of allylic oxidation sites excluding steroid dienone is 3. The Hall–Kier alpha value is -0.110. The van der Waals surface area contributed by atoms with Crippen molar-refractivity contribution in [1.82, 2.24) is 0 Å². The molecule has 2 atom stereocenters. The standard InChI is InChI=1S/C10H21O10P3/c1-9(2)5-4-6-10(3)7-8-18-22(14,15)20-23(16,17)19-21(11,12)13/h5,7H,4,6,8H2,1-3H3,(H,14,15)(H,16,17)(H2,11,12,13). The molecule has 0 aliphatic heterocycles. The van der Waals surface area contributed by atoms with Gasteiger partial charge in [0, 0.05) is 0 Å². The fraction of sp³-hybridized carbons (Fsp3) is 0.600. The molecule has 0 saturated carbocycles. The van der Waals surface area contributed by atoms with Crippen LogP contribution in [0.2, 0.25) is 0 Å². The van der Waals surface area contributed by atoms with E-state index in [1.807, 2.05) is 19.9 Å². The minimum Gasteiger partial charge on any atom is -0.302 e. The highest BCUT2D eigenvalue weighted by Gasteiger charge is 2.40. The van der Waals surface area contributed by atoms with Crippen molar-refractivity contribution in [3.05, 3.63) is 23.3 Å². The predicted molar refractivity (Wildman–Crippen MR) is 82.2 cm³/mol. The van der Waals surface area contributed by atoms with E-state index < -0.39 is 30.1 Å². The fourth-order valence-corrected chi connectivity index (χ4v) is 4.23. The Morgan fingerprint density at radius 1 is 0.913 bits per heavy atom. The van der Waals surface area contributed by atoms with Crippen LogP contribution in [0.1, 0.15) is 33.6 Å². The number of hydrogen-bond donors (Lipinski definition) is 4. The quantitative estimate of drug-likeness (QED) is 0.320. The average Bonchev–Trinajstić information content (AvgIpc) is 2.22. The van der Waals surface area contributed by atoms with E-state index in [0.717, 1.165) is 17.6 Å². The van der Waals surface area contributed by atoms with E-state index in [4.69, 9.17) is 14.7 Å². The molecular formula is C10H21O10P3. The Morgan fingerprint density at radius 3 is 1.96 bits per heavy atom. The highest BCUT2D eigenvalue weighted by Crippen LogP contribution is 2.66. The number of phosphoric ester groups is 1. The van der Waals surface area contributed by atoms with Gasteiger partial charge >= 0.3 is 23.5 Å². The number of rotatable bonds is 10. The first-order chi connectivity index (χ1) is 10.2. The van der Waals surface area contributed by atoms with Crippen LogP contribution in [0.5, 0.6) is 0 Å². The van der Waals surface area contributed by atoms with E-state index in [-0.39, 0.29) is 0 Å². The molecule has 2 unspecified atom stereocenters. The summed E-state index contributed by atoms with van der Waals surface area (Å²) in [4.78, 5) is 34.9. The van der Waals surface area contributed by atoms with E-state index in [2.05, 4.69) is 13.1 Å². The van der Waals surface area contributed by atoms with Crippen LogP contribution < -0.4 is 0 Å². The third-order valence-corrected chi connectivity index (χ3v) is 5.98. The lowest BCUT2D eigenvalue weighted by atomic mass is 10.1. The maximum Gasteiger partial charge on any atom is 0.490 e. The summed E-state index contributed by atoms with van der Waals surface area (Å²) in [5.41, 5.74) is 2.01. The Balaban J connectivity index is 4.48. The molecule has 0 spiro atoms. The second-order valence-electron chi connectivity index (χ2n) is 4.76. The Morgan fingerprint density at radius 2 is 1.48 bits per heavy atom. The van der Waals surface area contributed by atoms with Crippen molar-refractivity contribution in [3.63, 3.8) is 0 Å². The van der Waals surface area contributed by atoms with Gasteiger partial charge in [0.2, 0.25) is 0 Å². The van der Waals surface area contributed by atoms with Gasteiger partial charge in [-0.2, -0.15) is 8.62 Å². The smallest absolute Gasteiger partial charge is 0.302 e. The molecule has 0 saturated heterocycles. The SMILES string of the molecule is CC(C)=CCCC(C)=CCOP(=O)(O)OP(=O)(O)OP(=O)(O)O. The second kappa shape index (κ2) is 9.39. The third-order valence-electron chi connectivity index (χ3n) is 2.18. The van der Waals surface area contributed by atoms with Crippen molar-refractivity contribution in [2.24, 2.45) is 0 Å². The molecule has 23 heavy (non-hydrogen) atoms. The van der Waals surface area contributed by atoms with Crippen molar-refractivity contribution in [2.45, 2.75) is 33.6 Å². The van der Waals surface area contributed by atoms with Crippen LogP contribution in [-0.2, 0) is 26.8 Å². The average molecular weight is 394 g/mol.